The summed E-state index contributed by atoms with van der Waals surface area (Å²) in [5, 5.41) is 9.53. The van der Waals surface area contributed by atoms with E-state index in [1.807, 2.05) is 0 Å². The van der Waals surface area contributed by atoms with E-state index in [1.54, 1.807) is 0 Å². The molecule has 0 saturated heterocycles. The minimum Gasteiger partial charge on any atom is -0.310 e. The van der Waals surface area contributed by atoms with Gasteiger partial charge >= 0.3 is 0 Å². The van der Waals surface area contributed by atoms with Crippen molar-refractivity contribution in [1.29, 1.82) is 0 Å². The Bertz CT molecular complexity index is 7570. The Morgan fingerprint density at radius 1 is 0.153 bits per heavy atom. The Morgan fingerprint density at radius 3 is 0.887 bits per heavy atom. The fourth-order valence-electron chi connectivity index (χ4n) is 19.6. The smallest absolute Gasteiger partial charge is 0.0540 e. The highest BCUT2D eigenvalue weighted by Crippen LogP contribution is 2.57. The molecule has 124 heavy (non-hydrogen) atoms. The number of nitrogens with zero attached hydrogens (tertiary/aromatic N) is 3. The van der Waals surface area contributed by atoms with Crippen LogP contribution in [0.1, 0.15) is 25.0 Å². The highest BCUT2D eigenvalue weighted by Gasteiger charge is 2.40. The van der Waals surface area contributed by atoms with Crippen LogP contribution in [0, 0.1) is 0 Å². The maximum atomic E-state index is 2.51. The van der Waals surface area contributed by atoms with Gasteiger partial charge in [0.15, 0.2) is 0 Å². The van der Waals surface area contributed by atoms with Crippen LogP contribution in [0.4, 0.5) is 51.2 Å². The van der Waals surface area contributed by atoms with Crippen LogP contribution in [-0.2, 0) is 5.41 Å². The van der Waals surface area contributed by atoms with E-state index in [9.17, 15) is 0 Å². The van der Waals surface area contributed by atoms with Crippen molar-refractivity contribution < 1.29 is 0 Å². The van der Waals surface area contributed by atoms with Crippen LogP contribution in [0.5, 0.6) is 0 Å². The molecule has 0 heterocycles. The average molecular weight is 1580 g/mol. The van der Waals surface area contributed by atoms with Crippen LogP contribution in [-0.4, -0.2) is 0 Å². The lowest BCUT2D eigenvalue weighted by Gasteiger charge is -2.32. The van der Waals surface area contributed by atoms with E-state index in [0.717, 1.165) is 95.3 Å². The first-order valence-corrected chi connectivity index (χ1v) is 42.9. The Kier molecular flexibility index (Phi) is 19.0. The summed E-state index contributed by atoms with van der Waals surface area (Å²) < 4.78 is 0. The topological polar surface area (TPSA) is 9.72 Å². The third-order valence-corrected chi connectivity index (χ3v) is 25.4. The van der Waals surface area contributed by atoms with Crippen molar-refractivity contribution >= 4 is 94.3 Å². The highest BCUT2D eigenvalue weighted by atomic mass is 15.2. The fourth-order valence-corrected chi connectivity index (χ4v) is 19.6. The third-order valence-electron chi connectivity index (χ3n) is 25.4. The molecule has 0 radical (unpaired) electrons. The Morgan fingerprint density at radius 2 is 0.419 bits per heavy atom. The van der Waals surface area contributed by atoms with Crippen LogP contribution in [0.15, 0.2) is 479 Å². The van der Waals surface area contributed by atoms with Gasteiger partial charge in [-0.25, -0.2) is 0 Å². The van der Waals surface area contributed by atoms with Gasteiger partial charge in [0.1, 0.15) is 0 Å². The van der Waals surface area contributed by atoms with Crippen molar-refractivity contribution in [3.05, 3.63) is 490 Å². The van der Waals surface area contributed by atoms with Gasteiger partial charge in [-0.3, -0.25) is 0 Å². The van der Waals surface area contributed by atoms with Gasteiger partial charge in [-0.2, -0.15) is 0 Å². The first-order valence-electron chi connectivity index (χ1n) is 42.9. The Labute approximate surface area is 724 Å². The fraction of sp³-hybridized carbons (Fsp3) is 0.0248. The predicted octanol–water partition coefficient (Wildman–Crippen LogP) is 34.0. The highest BCUT2D eigenvalue weighted by molar-refractivity contribution is 6.13. The molecule has 0 atom stereocenters. The molecule has 0 N–H and O–H groups in total. The van der Waals surface area contributed by atoms with E-state index in [-0.39, 0.29) is 5.41 Å². The first-order chi connectivity index (χ1) is 61.3. The van der Waals surface area contributed by atoms with Crippen LogP contribution in [0.3, 0.4) is 0 Å². The maximum absolute atomic E-state index is 2.51. The van der Waals surface area contributed by atoms with Crippen molar-refractivity contribution in [2.45, 2.75) is 19.3 Å². The van der Waals surface area contributed by atoms with E-state index in [1.165, 1.54) is 121 Å². The SMILES string of the molecule is CC1(C)c2ccc(-c3cccc4c(-c5cccc(N(c6cccc(-c7ccccc7)c6)c6cccc7c(-c8ccc(-c9cccc(N(c%10cccc(-c%11ccccc%11)c%10)c%10cccc(-c%11ccccc%11)c%10)c9)c9ccccc89)cccc67)c5)cccc34)cc2-c2cccc(N(c3cccc(-c4ccccc4)c3)c3cccc(-c4cccc5ccccc45)c3)c21. The lowest BCUT2D eigenvalue weighted by atomic mass is 9.80. The minimum absolute atomic E-state index is 0.359. The monoisotopic (exact) mass is 1580 g/mol. The van der Waals surface area contributed by atoms with Crippen molar-refractivity contribution in [2.75, 3.05) is 14.7 Å². The molecule has 0 aromatic heterocycles. The summed E-state index contributed by atoms with van der Waals surface area (Å²) in [6.45, 7) is 4.83. The number of rotatable bonds is 18. The molecular weight excluding hydrogens is 1500 g/mol. The van der Waals surface area contributed by atoms with Crippen molar-refractivity contribution in [2.24, 2.45) is 0 Å². The van der Waals surface area contributed by atoms with Crippen LogP contribution >= 0.6 is 0 Å². The molecule has 0 saturated carbocycles. The quantitative estimate of drug-likeness (QED) is 0.0848. The number of hydrogen-bond donors (Lipinski definition) is 0. The average Bonchev–Trinajstić information content (AvgIpc) is 1.55. The molecule has 1 aliphatic carbocycles. The van der Waals surface area contributed by atoms with Gasteiger partial charge in [0.2, 0.25) is 0 Å². The summed E-state index contributed by atoms with van der Waals surface area (Å²) in [6.07, 6.45) is 0. The van der Waals surface area contributed by atoms with Gasteiger partial charge in [0.25, 0.3) is 0 Å². The second-order valence-electron chi connectivity index (χ2n) is 33.0. The summed E-state index contributed by atoms with van der Waals surface area (Å²) in [5.41, 5.74) is 35.6. The molecule has 0 unspecified atom stereocenters. The molecule has 0 fully saturated rings. The molecule has 21 aromatic carbocycles. The van der Waals surface area contributed by atoms with Crippen LogP contribution < -0.4 is 14.7 Å². The Hall–Kier alpha value is -15.9. The number of hydrogen-bond acceptors (Lipinski definition) is 3. The van der Waals surface area contributed by atoms with Gasteiger partial charge in [0, 0.05) is 50.6 Å². The maximum Gasteiger partial charge on any atom is 0.0540 e. The molecule has 0 bridgehead atoms. The van der Waals surface area contributed by atoms with Crippen molar-refractivity contribution in [1.82, 2.24) is 0 Å². The summed E-state index contributed by atoms with van der Waals surface area (Å²) in [6, 6.07) is 177. The number of benzene rings is 21. The molecule has 0 amide bonds. The number of anilines is 9. The van der Waals surface area contributed by atoms with Gasteiger partial charge in [-0.05, 0) is 263 Å². The standard InChI is InChI=1S/C121H85N3/c1-121(2)117-73-70-94(81-116(117)115-67-31-69-119(120(115)121)124(99-53-22-45-90(77-99)85-38-13-6-14-39-85)101-55-24-46-91(79-101)103-59-26-41-86-40-15-16-56-102(86)103)105-61-28-62-108-104(60-27-63-109(105)108)92-47-25-54-100(80-92)123(98-52-21-44-89(76-98)84-36-11-5-12-37-84)118-68-30-65-112-111(64-29-66-114(112)118)113-72-71-106(107-57-17-18-58-110(107)113)93-48-23-51-97(78-93)122(95-49-19-42-87(74-95)82-32-7-3-8-33-82)96-50-20-43-88(75-96)83-34-9-4-10-35-83/h3-81H,1-2H3. The zero-order chi connectivity index (χ0) is 82.6. The van der Waals surface area contributed by atoms with E-state index in [0.29, 0.717) is 0 Å². The second kappa shape index (κ2) is 31.7. The molecule has 3 heteroatoms. The Balaban J connectivity index is 0.629. The number of fused-ring (bicyclic) bond motifs is 7. The van der Waals surface area contributed by atoms with E-state index in [4.69, 9.17) is 0 Å². The lowest BCUT2D eigenvalue weighted by molar-refractivity contribution is 0.661. The van der Waals surface area contributed by atoms with Gasteiger partial charge in [-0.1, -0.05) is 390 Å². The molecule has 0 spiro atoms. The minimum atomic E-state index is -0.359. The largest absolute Gasteiger partial charge is 0.310 e. The molecule has 21 aromatic rings. The molecule has 3 nitrogen and oxygen atoms in total. The van der Waals surface area contributed by atoms with E-state index in [2.05, 4.69) is 508 Å². The van der Waals surface area contributed by atoms with Gasteiger partial charge in [0.05, 0.1) is 11.4 Å². The zero-order valence-corrected chi connectivity index (χ0v) is 69.0. The molecule has 0 aliphatic heterocycles. The summed E-state index contributed by atoms with van der Waals surface area (Å²) in [7, 11) is 0. The normalized spacial score (nSPS) is 12.0. The molecule has 584 valence electrons. The third kappa shape index (κ3) is 13.5. The summed E-state index contributed by atoms with van der Waals surface area (Å²) >= 11 is 0. The zero-order valence-electron chi connectivity index (χ0n) is 69.0. The van der Waals surface area contributed by atoms with E-state index >= 15 is 0 Å². The molecule has 22 rings (SSSR count). The van der Waals surface area contributed by atoms with Crippen molar-refractivity contribution in [3.8, 4) is 111 Å². The van der Waals surface area contributed by atoms with Crippen LogP contribution in [0.25, 0.3) is 154 Å². The molecule has 1 aliphatic rings. The summed E-state index contributed by atoms with van der Waals surface area (Å²) in [4.78, 5) is 7.39. The van der Waals surface area contributed by atoms with Crippen molar-refractivity contribution in [3.63, 3.8) is 0 Å². The van der Waals surface area contributed by atoms with Gasteiger partial charge in [-0.15, -0.1) is 0 Å². The van der Waals surface area contributed by atoms with Gasteiger partial charge < -0.3 is 14.7 Å². The van der Waals surface area contributed by atoms with E-state index < -0.39 is 0 Å². The first kappa shape index (κ1) is 74.4. The second-order valence-corrected chi connectivity index (χ2v) is 33.0. The summed E-state index contributed by atoms with van der Waals surface area (Å²) in [5.74, 6) is 0. The molecular formula is C121H85N3. The lowest BCUT2D eigenvalue weighted by Crippen LogP contribution is -2.20. The van der Waals surface area contributed by atoms with Crippen LogP contribution in [0.2, 0.25) is 0 Å². The predicted molar refractivity (Wildman–Crippen MR) is 527 cm³/mol.